The summed E-state index contributed by atoms with van der Waals surface area (Å²) in [6.07, 6.45) is 0. The molecule has 0 aromatic heterocycles. The number of carboxylic acids is 1. The van der Waals surface area contributed by atoms with Crippen molar-refractivity contribution in [2.75, 3.05) is 18.4 Å². The molecule has 0 spiro atoms. The molecule has 27 heavy (non-hydrogen) atoms. The summed E-state index contributed by atoms with van der Waals surface area (Å²) in [5, 5.41) is 11.7. The molecule has 0 fully saturated rings. The van der Waals surface area contributed by atoms with Crippen molar-refractivity contribution in [3.63, 3.8) is 0 Å². The van der Waals surface area contributed by atoms with Crippen LogP contribution in [0.4, 0.5) is 5.69 Å². The number of aromatic carboxylic acids is 1. The fourth-order valence-corrected chi connectivity index (χ4v) is 4.21. The molecular weight excluding hydrogens is 392 g/mol. The molecule has 2 aromatic rings. The Hall–Kier alpha value is -2.42. The number of carbonyl (C=O) groups excluding carboxylic acids is 1. The third kappa shape index (κ3) is 4.47. The first-order chi connectivity index (χ1) is 12.7. The van der Waals surface area contributed by atoms with Crippen LogP contribution in [0.5, 0.6) is 0 Å². The number of halogens is 1. The van der Waals surface area contributed by atoms with Crippen molar-refractivity contribution in [3.8, 4) is 0 Å². The van der Waals surface area contributed by atoms with E-state index >= 15 is 0 Å². The molecule has 0 saturated heterocycles. The zero-order valence-corrected chi connectivity index (χ0v) is 16.3. The summed E-state index contributed by atoms with van der Waals surface area (Å²) in [7, 11) is -3.77. The van der Waals surface area contributed by atoms with E-state index < -0.39 is 21.9 Å². The second-order valence-electron chi connectivity index (χ2n) is 5.54. The van der Waals surface area contributed by atoms with E-state index in [9.17, 15) is 23.1 Å². The van der Waals surface area contributed by atoms with Crippen molar-refractivity contribution in [1.82, 2.24) is 4.31 Å². The van der Waals surface area contributed by atoms with Gasteiger partial charge in [0.2, 0.25) is 10.0 Å². The van der Waals surface area contributed by atoms with Gasteiger partial charge in [0.05, 0.1) is 26.7 Å². The fraction of sp³-hybridized carbons (Fsp3) is 0.222. The Balaban J connectivity index is 2.42. The molecule has 0 aliphatic carbocycles. The molecule has 2 rings (SSSR count). The number of nitrogens with zero attached hydrogens (tertiary/aromatic N) is 1. The fourth-order valence-electron chi connectivity index (χ4n) is 2.52. The lowest BCUT2D eigenvalue weighted by molar-refractivity contribution is 0.0698. The topological polar surface area (TPSA) is 104 Å². The van der Waals surface area contributed by atoms with E-state index in [4.69, 9.17) is 11.6 Å². The molecule has 0 aliphatic heterocycles. The average molecular weight is 411 g/mol. The number of amides is 1. The van der Waals surface area contributed by atoms with Crippen molar-refractivity contribution in [2.24, 2.45) is 0 Å². The van der Waals surface area contributed by atoms with Crippen LogP contribution in [0.2, 0.25) is 5.02 Å². The highest BCUT2D eigenvalue weighted by Gasteiger charge is 2.24. The minimum Gasteiger partial charge on any atom is -0.478 e. The highest BCUT2D eigenvalue weighted by atomic mass is 35.5. The van der Waals surface area contributed by atoms with Gasteiger partial charge in [-0.3, -0.25) is 4.79 Å². The van der Waals surface area contributed by atoms with Crippen molar-refractivity contribution < 1.29 is 23.1 Å². The Labute approximate surface area is 162 Å². The summed E-state index contributed by atoms with van der Waals surface area (Å²) in [5.41, 5.74) is -0.0675. The maximum Gasteiger partial charge on any atom is 0.337 e. The zero-order valence-electron chi connectivity index (χ0n) is 14.8. The van der Waals surface area contributed by atoms with Crippen LogP contribution in [0.3, 0.4) is 0 Å². The number of carbonyl (C=O) groups is 2. The largest absolute Gasteiger partial charge is 0.478 e. The van der Waals surface area contributed by atoms with Gasteiger partial charge < -0.3 is 10.4 Å². The number of nitrogens with one attached hydrogen (secondary N) is 1. The lowest BCUT2D eigenvalue weighted by Gasteiger charge is -2.19. The number of anilines is 1. The summed E-state index contributed by atoms with van der Waals surface area (Å²) in [4.78, 5) is 23.8. The number of para-hydroxylation sites is 1. The summed E-state index contributed by atoms with van der Waals surface area (Å²) < 4.78 is 26.6. The van der Waals surface area contributed by atoms with Crippen molar-refractivity contribution >= 4 is 39.2 Å². The molecular formula is C18H19ClN2O5S. The number of sulfonamides is 1. The minimum atomic E-state index is -3.77. The third-order valence-electron chi connectivity index (χ3n) is 3.93. The van der Waals surface area contributed by atoms with E-state index in [-0.39, 0.29) is 39.8 Å². The summed E-state index contributed by atoms with van der Waals surface area (Å²) >= 11 is 6.07. The number of carboxylic acid groups (broad SMARTS) is 1. The molecule has 0 atom stereocenters. The van der Waals surface area contributed by atoms with Gasteiger partial charge in [-0.05, 0) is 30.3 Å². The van der Waals surface area contributed by atoms with Crippen LogP contribution in [0, 0.1) is 0 Å². The second kappa shape index (κ2) is 8.51. The maximum absolute atomic E-state index is 12.7. The van der Waals surface area contributed by atoms with E-state index in [1.807, 2.05) is 0 Å². The van der Waals surface area contributed by atoms with Crippen molar-refractivity contribution in [2.45, 2.75) is 18.7 Å². The quantitative estimate of drug-likeness (QED) is 0.728. The Morgan fingerprint density at radius 2 is 1.70 bits per heavy atom. The van der Waals surface area contributed by atoms with Gasteiger partial charge in [0, 0.05) is 13.1 Å². The molecule has 7 nitrogen and oxygen atoms in total. The average Bonchev–Trinajstić information content (AvgIpc) is 2.62. The van der Waals surface area contributed by atoms with E-state index in [0.29, 0.717) is 0 Å². The van der Waals surface area contributed by atoms with Crippen LogP contribution >= 0.6 is 11.6 Å². The number of benzene rings is 2. The van der Waals surface area contributed by atoms with Gasteiger partial charge in [0.25, 0.3) is 5.91 Å². The monoisotopic (exact) mass is 410 g/mol. The highest BCUT2D eigenvalue weighted by molar-refractivity contribution is 7.89. The lowest BCUT2D eigenvalue weighted by Crippen LogP contribution is -2.30. The van der Waals surface area contributed by atoms with Gasteiger partial charge in [-0.25, -0.2) is 13.2 Å². The van der Waals surface area contributed by atoms with E-state index in [1.165, 1.54) is 40.7 Å². The molecule has 9 heteroatoms. The van der Waals surface area contributed by atoms with E-state index in [2.05, 4.69) is 5.32 Å². The number of rotatable bonds is 7. The molecule has 2 N–H and O–H groups in total. The first-order valence-corrected chi connectivity index (χ1v) is 9.97. The molecule has 0 heterocycles. The molecule has 1 amide bonds. The summed E-state index contributed by atoms with van der Waals surface area (Å²) in [6.45, 7) is 4.00. The molecule has 0 saturated carbocycles. The molecule has 0 radical (unpaired) electrons. The first-order valence-electron chi connectivity index (χ1n) is 8.15. The van der Waals surface area contributed by atoms with Gasteiger partial charge in [-0.1, -0.05) is 37.6 Å². The molecule has 0 unspecified atom stereocenters. The van der Waals surface area contributed by atoms with Gasteiger partial charge in [0.1, 0.15) is 0 Å². The van der Waals surface area contributed by atoms with Crippen molar-refractivity contribution in [3.05, 3.63) is 58.6 Å². The number of hydrogen-bond acceptors (Lipinski definition) is 4. The molecule has 2 aromatic carbocycles. The van der Waals surface area contributed by atoms with Gasteiger partial charge in [0.15, 0.2) is 0 Å². The Kier molecular flexibility index (Phi) is 6.59. The SMILES string of the molecule is CCN(CC)S(=O)(=O)c1ccc(Cl)c(C(=O)Nc2ccccc2C(=O)O)c1. The van der Waals surface area contributed by atoms with Crippen LogP contribution in [0.25, 0.3) is 0 Å². The molecule has 0 bridgehead atoms. The second-order valence-corrected chi connectivity index (χ2v) is 7.88. The zero-order chi connectivity index (χ0) is 20.2. The highest BCUT2D eigenvalue weighted by Crippen LogP contribution is 2.25. The van der Waals surface area contributed by atoms with E-state index in [0.717, 1.165) is 0 Å². The predicted octanol–water partition coefficient (Wildman–Crippen LogP) is 3.32. The Morgan fingerprint density at radius 1 is 1.07 bits per heavy atom. The molecule has 0 aliphatic rings. The molecule has 144 valence electrons. The van der Waals surface area contributed by atoms with Gasteiger partial charge >= 0.3 is 5.97 Å². The number of hydrogen-bond donors (Lipinski definition) is 2. The smallest absolute Gasteiger partial charge is 0.337 e. The Morgan fingerprint density at radius 3 is 2.30 bits per heavy atom. The maximum atomic E-state index is 12.7. The third-order valence-corrected chi connectivity index (χ3v) is 6.31. The van der Waals surface area contributed by atoms with Crippen LogP contribution in [0.1, 0.15) is 34.6 Å². The van der Waals surface area contributed by atoms with Gasteiger partial charge in [-0.2, -0.15) is 4.31 Å². The van der Waals surface area contributed by atoms with Gasteiger partial charge in [-0.15, -0.1) is 0 Å². The van der Waals surface area contributed by atoms with Crippen LogP contribution in [0.15, 0.2) is 47.4 Å². The van der Waals surface area contributed by atoms with Crippen LogP contribution < -0.4 is 5.32 Å². The summed E-state index contributed by atoms with van der Waals surface area (Å²) in [6, 6.07) is 9.74. The lowest BCUT2D eigenvalue weighted by atomic mass is 10.1. The van der Waals surface area contributed by atoms with Crippen molar-refractivity contribution in [1.29, 1.82) is 0 Å². The first kappa shape index (κ1) is 20.9. The standard InChI is InChI=1S/C18H19ClN2O5S/c1-3-21(4-2)27(25,26)12-9-10-15(19)14(11-12)17(22)20-16-8-6-5-7-13(16)18(23)24/h5-11H,3-4H2,1-2H3,(H,20,22)(H,23,24). The normalized spacial score (nSPS) is 11.4. The summed E-state index contributed by atoms with van der Waals surface area (Å²) in [5.74, 6) is -1.90. The van der Waals surface area contributed by atoms with E-state index in [1.54, 1.807) is 19.9 Å². The predicted molar refractivity (Wildman–Crippen MR) is 103 cm³/mol. The Bertz CT molecular complexity index is 971. The minimum absolute atomic E-state index is 0.0544. The van der Waals surface area contributed by atoms with Crippen LogP contribution in [-0.4, -0.2) is 42.8 Å². The van der Waals surface area contributed by atoms with Crippen LogP contribution in [-0.2, 0) is 10.0 Å².